The number of hydrogen-bond acceptors (Lipinski definition) is 4. The number of likely N-dealkylation sites (tertiary alicyclic amines) is 1. The van der Waals surface area contributed by atoms with Crippen molar-refractivity contribution in [3.8, 4) is 0 Å². The predicted octanol–water partition coefficient (Wildman–Crippen LogP) is 6.30. The van der Waals surface area contributed by atoms with Crippen LogP contribution in [0.15, 0.2) is 66.7 Å². The highest BCUT2D eigenvalue weighted by atomic mass is 35.5. The van der Waals surface area contributed by atoms with Crippen LogP contribution in [-0.2, 0) is 21.7 Å². The van der Waals surface area contributed by atoms with E-state index in [1.165, 1.54) is 24.3 Å². The summed E-state index contributed by atoms with van der Waals surface area (Å²) in [4.78, 5) is 29.7. The van der Waals surface area contributed by atoms with E-state index in [0.29, 0.717) is 61.7 Å². The summed E-state index contributed by atoms with van der Waals surface area (Å²) in [6.45, 7) is 2.29. The lowest BCUT2D eigenvalue weighted by Crippen LogP contribution is -2.48. The van der Waals surface area contributed by atoms with Gasteiger partial charge in [-0.05, 0) is 66.6 Å². The highest BCUT2D eigenvalue weighted by molar-refractivity contribution is 6.30. The molecular formula is C30H30ClF2N3O3. The van der Waals surface area contributed by atoms with Gasteiger partial charge in [-0.25, -0.2) is 13.6 Å². The summed E-state index contributed by atoms with van der Waals surface area (Å²) >= 11 is 6.00. The summed E-state index contributed by atoms with van der Waals surface area (Å²) in [7, 11) is 1.76. The quantitative estimate of drug-likeness (QED) is 0.373. The molecule has 9 heteroatoms. The largest absolute Gasteiger partial charge is 0.438 e. The molecule has 0 radical (unpaired) electrons. The van der Waals surface area contributed by atoms with Crippen LogP contribution >= 0.6 is 11.6 Å². The van der Waals surface area contributed by atoms with Gasteiger partial charge in [0.25, 0.3) is 0 Å². The van der Waals surface area contributed by atoms with Crippen molar-refractivity contribution in [1.82, 2.24) is 9.80 Å². The Bertz CT molecular complexity index is 1340. The summed E-state index contributed by atoms with van der Waals surface area (Å²) in [5.41, 5.74) is 2.08. The summed E-state index contributed by atoms with van der Waals surface area (Å²) in [5.74, 6) is -1.24. The third-order valence-electron chi connectivity index (χ3n) is 7.67. The molecule has 1 saturated heterocycles. The van der Waals surface area contributed by atoms with Gasteiger partial charge in [0.2, 0.25) is 5.91 Å². The molecule has 0 aliphatic carbocycles. The number of ether oxygens (including phenoxy) is 1. The van der Waals surface area contributed by atoms with E-state index in [2.05, 4.69) is 10.2 Å². The fourth-order valence-electron chi connectivity index (χ4n) is 5.53. The first-order valence-electron chi connectivity index (χ1n) is 13.0. The molecule has 3 aromatic rings. The number of amides is 2. The van der Waals surface area contributed by atoms with Crippen LogP contribution in [0.2, 0.25) is 5.02 Å². The van der Waals surface area contributed by atoms with E-state index in [0.717, 1.165) is 11.1 Å². The van der Waals surface area contributed by atoms with Gasteiger partial charge < -0.3 is 14.5 Å². The molecule has 0 aromatic heterocycles. The van der Waals surface area contributed by atoms with E-state index < -0.39 is 17.6 Å². The van der Waals surface area contributed by atoms with Gasteiger partial charge in [0.1, 0.15) is 17.2 Å². The van der Waals surface area contributed by atoms with E-state index in [4.69, 9.17) is 16.3 Å². The average Bonchev–Trinajstić information content (AvgIpc) is 2.92. The van der Waals surface area contributed by atoms with Crippen LogP contribution < -0.4 is 5.32 Å². The first-order valence-corrected chi connectivity index (χ1v) is 13.4. The molecule has 2 aliphatic heterocycles. The summed E-state index contributed by atoms with van der Waals surface area (Å²) in [6, 6.07) is 17.8. The average molecular weight is 554 g/mol. The molecule has 2 heterocycles. The number of likely N-dealkylation sites (N-methyl/N-ethyl adjacent to an activating group) is 1. The number of nitrogens with zero attached hydrogens (tertiary/aromatic N) is 2. The Balaban J connectivity index is 1.27. The van der Waals surface area contributed by atoms with Crippen molar-refractivity contribution in [2.24, 2.45) is 0 Å². The number of piperidine rings is 1. The Hall–Kier alpha value is -3.49. The maximum absolute atomic E-state index is 14.1. The van der Waals surface area contributed by atoms with Crippen LogP contribution in [0.25, 0.3) is 0 Å². The number of rotatable bonds is 7. The number of hydrogen-bond donors (Lipinski definition) is 1. The van der Waals surface area contributed by atoms with Crippen LogP contribution in [0, 0.1) is 11.6 Å². The maximum atomic E-state index is 14.1. The zero-order valence-electron chi connectivity index (χ0n) is 21.6. The normalized spacial score (nSPS) is 17.2. The van der Waals surface area contributed by atoms with Crippen LogP contribution in [0.1, 0.15) is 41.9 Å². The molecule has 1 unspecified atom stereocenters. The van der Waals surface area contributed by atoms with Gasteiger partial charge >= 0.3 is 6.09 Å². The molecule has 0 saturated carbocycles. The number of anilines is 1. The molecular weight excluding hydrogens is 524 g/mol. The first-order chi connectivity index (χ1) is 18.7. The van der Waals surface area contributed by atoms with Crippen LogP contribution in [0.4, 0.5) is 19.3 Å². The minimum absolute atomic E-state index is 0.0540. The van der Waals surface area contributed by atoms with Gasteiger partial charge in [-0.15, -0.1) is 0 Å². The Morgan fingerprint density at radius 2 is 1.72 bits per heavy atom. The minimum Gasteiger partial charge on any atom is -0.438 e. The monoisotopic (exact) mass is 553 g/mol. The second kappa shape index (κ2) is 11.3. The first kappa shape index (κ1) is 27.1. The van der Waals surface area contributed by atoms with Gasteiger partial charge in [-0.2, -0.15) is 0 Å². The summed E-state index contributed by atoms with van der Waals surface area (Å²) < 4.78 is 33.5. The van der Waals surface area contributed by atoms with Gasteiger partial charge in [-0.3, -0.25) is 10.1 Å². The molecule has 2 aliphatic rings. The van der Waals surface area contributed by atoms with Crippen LogP contribution in [0.3, 0.4) is 0 Å². The van der Waals surface area contributed by atoms with Gasteiger partial charge in [0.15, 0.2) is 0 Å². The summed E-state index contributed by atoms with van der Waals surface area (Å²) in [5, 5.41) is 3.29. The Morgan fingerprint density at radius 3 is 2.41 bits per heavy atom. The van der Waals surface area contributed by atoms with Crippen LogP contribution in [-0.4, -0.2) is 48.5 Å². The van der Waals surface area contributed by atoms with Gasteiger partial charge in [0, 0.05) is 50.1 Å². The van der Waals surface area contributed by atoms with Gasteiger partial charge in [-0.1, -0.05) is 35.9 Å². The number of halogens is 3. The van der Waals surface area contributed by atoms with E-state index in [9.17, 15) is 18.4 Å². The van der Waals surface area contributed by atoms with E-state index >= 15 is 0 Å². The highest BCUT2D eigenvalue weighted by Crippen LogP contribution is 2.44. The molecule has 5 rings (SSSR count). The van der Waals surface area contributed by atoms with E-state index in [1.807, 2.05) is 12.1 Å². The molecule has 1 N–H and O–H groups in total. The minimum atomic E-state index is -0.874. The third-order valence-corrected chi connectivity index (χ3v) is 7.93. The Kier molecular flexibility index (Phi) is 7.86. The number of carbonyl (C=O) groups excluding carboxylic acids is 2. The lowest BCUT2D eigenvalue weighted by molar-refractivity contribution is -0.132. The molecule has 6 nitrogen and oxygen atoms in total. The van der Waals surface area contributed by atoms with Crippen molar-refractivity contribution in [3.63, 3.8) is 0 Å². The smallest absolute Gasteiger partial charge is 0.412 e. The summed E-state index contributed by atoms with van der Waals surface area (Å²) in [6.07, 6.45) is 1.04. The van der Waals surface area contributed by atoms with Crippen molar-refractivity contribution >= 4 is 29.3 Å². The molecule has 2 amide bonds. The second-order valence-electron chi connectivity index (χ2n) is 10.3. The number of benzene rings is 3. The molecule has 3 aromatic carbocycles. The second-order valence-corrected chi connectivity index (χ2v) is 10.7. The topological polar surface area (TPSA) is 61.9 Å². The number of fused-ring (bicyclic) bond motifs is 2. The zero-order valence-corrected chi connectivity index (χ0v) is 22.4. The molecule has 1 fully saturated rings. The number of nitrogens with one attached hydrogen (secondary N) is 1. The Labute approximate surface area is 231 Å². The Morgan fingerprint density at radius 1 is 1.05 bits per heavy atom. The van der Waals surface area contributed by atoms with Crippen LogP contribution in [0.5, 0.6) is 0 Å². The predicted molar refractivity (Wildman–Crippen MR) is 146 cm³/mol. The maximum Gasteiger partial charge on any atom is 0.412 e. The fourth-order valence-corrected chi connectivity index (χ4v) is 5.65. The SMILES string of the molecule is CN(Cc1ccc(Cl)cc1)C(=O)C(CCN1CCC2(CC1)OC(=O)Nc1ccc(F)cc12)c1ccc(F)cc1. The zero-order chi connectivity index (χ0) is 27.6. The lowest BCUT2D eigenvalue weighted by atomic mass is 9.82. The lowest BCUT2D eigenvalue weighted by Gasteiger charge is -2.44. The van der Waals surface area contributed by atoms with Crippen molar-refractivity contribution in [2.75, 3.05) is 32.0 Å². The van der Waals surface area contributed by atoms with Crippen molar-refractivity contribution < 1.29 is 23.1 Å². The molecule has 0 bridgehead atoms. The molecule has 39 heavy (non-hydrogen) atoms. The van der Waals surface area contributed by atoms with Crippen molar-refractivity contribution in [3.05, 3.63) is 100 Å². The van der Waals surface area contributed by atoms with Crippen molar-refractivity contribution in [1.29, 1.82) is 0 Å². The van der Waals surface area contributed by atoms with E-state index in [-0.39, 0.29) is 17.5 Å². The third kappa shape index (κ3) is 6.07. The molecule has 204 valence electrons. The van der Waals surface area contributed by atoms with Gasteiger partial charge in [0.05, 0.1) is 11.6 Å². The highest BCUT2D eigenvalue weighted by Gasteiger charge is 2.44. The van der Waals surface area contributed by atoms with E-state index in [1.54, 1.807) is 42.3 Å². The molecule has 1 atom stereocenters. The van der Waals surface area contributed by atoms with Crippen molar-refractivity contribution in [2.45, 2.75) is 37.3 Å². The number of carbonyl (C=O) groups is 2. The fraction of sp³-hybridized carbons (Fsp3) is 0.333. The molecule has 1 spiro atoms. The standard InChI is InChI=1S/C30H30ClF2N3O3/c1-35(19-20-2-6-22(31)7-3-20)28(37)25(21-4-8-23(32)9-5-21)12-15-36-16-13-30(14-17-36)26-18-24(33)10-11-27(26)34-29(38)39-30/h2-11,18,25H,12-17,19H2,1H3,(H,34,38).